The van der Waals surface area contributed by atoms with Crippen molar-refractivity contribution >= 4 is 27.0 Å². The Balaban J connectivity index is 2.35. The molecule has 0 bridgehead atoms. The van der Waals surface area contributed by atoms with Gasteiger partial charge in [-0.25, -0.2) is 4.68 Å². The van der Waals surface area contributed by atoms with Crippen LogP contribution in [0.25, 0.3) is 16.7 Å². The van der Waals surface area contributed by atoms with Crippen molar-refractivity contribution in [3.63, 3.8) is 0 Å². The van der Waals surface area contributed by atoms with Gasteiger partial charge in [-0.3, -0.25) is 4.79 Å². The van der Waals surface area contributed by atoms with Crippen LogP contribution in [-0.2, 0) is 0 Å². The van der Waals surface area contributed by atoms with Crippen LogP contribution in [0, 0.1) is 6.92 Å². The van der Waals surface area contributed by atoms with Gasteiger partial charge in [-0.05, 0) is 40.5 Å². The Labute approximate surface area is 111 Å². The van der Waals surface area contributed by atoms with Crippen molar-refractivity contribution in [3.05, 3.63) is 56.9 Å². The number of halogens is 1. The van der Waals surface area contributed by atoms with Gasteiger partial charge in [0.05, 0.1) is 16.4 Å². The number of hydrogen-bond donors (Lipinski definition) is 1. The van der Waals surface area contributed by atoms with Crippen molar-refractivity contribution in [2.45, 2.75) is 6.92 Å². The van der Waals surface area contributed by atoms with Gasteiger partial charge in [0.15, 0.2) is 0 Å². The quantitative estimate of drug-likeness (QED) is 0.751. The molecule has 0 amide bonds. The highest BCUT2D eigenvalue weighted by Gasteiger charge is 2.09. The molecule has 0 aliphatic carbocycles. The fraction of sp³-hybridized carbons (Fsp3) is 0.0769. The second-order valence-corrected chi connectivity index (χ2v) is 4.95. The van der Waals surface area contributed by atoms with E-state index >= 15 is 0 Å². The van der Waals surface area contributed by atoms with Crippen LogP contribution in [0.4, 0.5) is 0 Å². The van der Waals surface area contributed by atoms with Crippen molar-refractivity contribution in [1.29, 1.82) is 0 Å². The molecule has 3 rings (SSSR count). The summed E-state index contributed by atoms with van der Waals surface area (Å²) in [5, 5.41) is 5.23. The average Bonchev–Trinajstić information content (AvgIpc) is 2.73. The van der Waals surface area contributed by atoms with Crippen LogP contribution in [0.15, 0.2) is 45.8 Å². The largest absolute Gasteiger partial charge is 0.305 e. The Bertz CT molecular complexity index is 788. The summed E-state index contributed by atoms with van der Waals surface area (Å²) in [6.07, 6.45) is 1.74. The van der Waals surface area contributed by atoms with Crippen molar-refractivity contribution in [1.82, 2.24) is 14.8 Å². The van der Waals surface area contributed by atoms with Crippen LogP contribution >= 0.6 is 15.9 Å². The second kappa shape index (κ2) is 4.10. The van der Waals surface area contributed by atoms with Gasteiger partial charge < -0.3 is 4.98 Å². The molecule has 0 aliphatic heterocycles. The van der Waals surface area contributed by atoms with Crippen molar-refractivity contribution in [2.75, 3.05) is 0 Å². The number of pyridine rings is 1. The predicted octanol–water partition coefficient (Wildman–Crippen LogP) is 2.78. The van der Waals surface area contributed by atoms with Gasteiger partial charge >= 0.3 is 0 Å². The normalized spacial score (nSPS) is 11.0. The smallest absolute Gasteiger partial charge is 0.263 e. The standard InChI is InChI=1S/C13H10BrN3O/c1-8-4-2-3-5-11(8)17-12-9(7-15-17)6-10(14)13(18)16-12/h2-7H,1H3,(H,16,18). The van der Waals surface area contributed by atoms with Gasteiger partial charge in [0.1, 0.15) is 5.65 Å². The molecule has 0 radical (unpaired) electrons. The van der Waals surface area contributed by atoms with Gasteiger partial charge in [-0.1, -0.05) is 18.2 Å². The zero-order chi connectivity index (χ0) is 12.7. The van der Waals surface area contributed by atoms with Crippen molar-refractivity contribution in [2.24, 2.45) is 0 Å². The lowest BCUT2D eigenvalue weighted by molar-refractivity contribution is 0.886. The molecule has 90 valence electrons. The number of aromatic nitrogens is 3. The number of aromatic amines is 1. The first-order valence-electron chi connectivity index (χ1n) is 5.49. The predicted molar refractivity (Wildman–Crippen MR) is 74.1 cm³/mol. The fourth-order valence-electron chi connectivity index (χ4n) is 1.94. The Morgan fingerprint density at radius 2 is 2.11 bits per heavy atom. The summed E-state index contributed by atoms with van der Waals surface area (Å²) in [7, 11) is 0. The summed E-state index contributed by atoms with van der Waals surface area (Å²) in [6.45, 7) is 2.01. The number of benzene rings is 1. The Morgan fingerprint density at radius 1 is 1.33 bits per heavy atom. The first-order valence-corrected chi connectivity index (χ1v) is 6.28. The SMILES string of the molecule is Cc1ccccc1-n1ncc2cc(Br)c(=O)[nH]c21. The zero-order valence-corrected chi connectivity index (χ0v) is 11.2. The molecule has 1 aromatic carbocycles. The van der Waals surface area contributed by atoms with Crippen LogP contribution < -0.4 is 5.56 Å². The second-order valence-electron chi connectivity index (χ2n) is 4.09. The lowest BCUT2D eigenvalue weighted by Crippen LogP contribution is -2.09. The summed E-state index contributed by atoms with van der Waals surface area (Å²) >= 11 is 3.22. The average molecular weight is 304 g/mol. The van der Waals surface area contributed by atoms with E-state index in [4.69, 9.17) is 0 Å². The molecule has 0 atom stereocenters. The number of rotatable bonds is 1. The van der Waals surface area contributed by atoms with Crippen molar-refractivity contribution in [3.8, 4) is 5.69 Å². The number of H-pyrrole nitrogens is 1. The lowest BCUT2D eigenvalue weighted by atomic mass is 10.2. The molecular weight excluding hydrogens is 294 g/mol. The summed E-state index contributed by atoms with van der Waals surface area (Å²) in [6, 6.07) is 9.69. The number of hydrogen-bond acceptors (Lipinski definition) is 2. The van der Waals surface area contributed by atoms with E-state index in [-0.39, 0.29) is 5.56 Å². The first kappa shape index (κ1) is 11.2. The van der Waals surface area contributed by atoms with Gasteiger partial charge in [0, 0.05) is 5.39 Å². The number of aryl methyl sites for hydroxylation is 1. The number of para-hydroxylation sites is 1. The third-order valence-electron chi connectivity index (χ3n) is 2.87. The van der Waals surface area contributed by atoms with Crippen LogP contribution in [0.1, 0.15) is 5.56 Å². The summed E-state index contributed by atoms with van der Waals surface area (Å²) in [4.78, 5) is 14.5. The molecule has 5 heteroatoms. The molecule has 18 heavy (non-hydrogen) atoms. The summed E-state index contributed by atoms with van der Waals surface area (Å²) in [5.74, 6) is 0. The van der Waals surface area contributed by atoms with E-state index in [1.807, 2.05) is 31.2 Å². The molecule has 3 aromatic rings. The van der Waals surface area contributed by atoms with E-state index in [9.17, 15) is 4.79 Å². The molecule has 0 fully saturated rings. The highest BCUT2D eigenvalue weighted by atomic mass is 79.9. The summed E-state index contributed by atoms with van der Waals surface area (Å²) < 4.78 is 2.26. The monoisotopic (exact) mass is 303 g/mol. The third-order valence-corrected chi connectivity index (χ3v) is 3.46. The molecule has 0 unspecified atom stereocenters. The topological polar surface area (TPSA) is 50.7 Å². The molecule has 2 heterocycles. The van der Waals surface area contributed by atoms with E-state index in [0.717, 1.165) is 16.6 Å². The summed E-state index contributed by atoms with van der Waals surface area (Å²) in [5.41, 5.74) is 2.62. The molecule has 0 spiro atoms. The van der Waals surface area contributed by atoms with E-state index in [2.05, 4.69) is 26.0 Å². The maximum Gasteiger partial charge on any atom is 0.263 e. The van der Waals surface area contributed by atoms with Gasteiger partial charge in [-0.15, -0.1) is 0 Å². The molecule has 1 N–H and O–H groups in total. The molecule has 0 saturated heterocycles. The molecule has 4 nitrogen and oxygen atoms in total. The maximum absolute atomic E-state index is 11.7. The fourth-order valence-corrected chi connectivity index (χ4v) is 2.29. The maximum atomic E-state index is 11.7. The Kier molecular flexibility index (Phi) is 2.56. The first-order chi connectivity index (χ1) is 8.66. The molecule has 0 saturated carbocycles. The molecule has 2 aromatic heterocycles. The number of nitrogens with zero attached hydrogens (tertiary/aromatic N) is 2. The van der Waals surface area contributed by atoms with Crippen LogP contribution in [0.3, 0.4) is 0 Å². The minimum Gasteiger partial charge on any atom is -0.305 e. The van der Waals surface area contributed by atoms with Crippen LogP contribution in [0.5, 0.6) is 0 Å². The number of fused-ring (bicyclic) bond motifs is 1. The third kappa shape index (κ3) is 1.67. The van der Waals surface area contributed by atoms with Gasteiger partial charge in [0.2, 0.25) is 0 Å². The minimum absolute atomic E-state index is 0.155. The van der Waals surface area contributed by atoms with Crippen LogP contribution in [0.2, 0.25) is 0 Å². The Hall–Kier alpha value is -1.88. The van der Waals surface area contributed by atoms with E-state index in [1.165, 1.54) is 0 Å². The van der Waals surface area contributed by atoms with E-state index in [0.29, 0.717) is 10.1 Å². The highest BCUT2D eigenvalue weighted by Crippen LogP contribution is 2.19. The van der Waals surface area contributed by atoms with E-state index < -0.39 is 0 Å². The van der Waals surface area contributed by atoms with Gasteiger partial charge in [-0.2, -0.15) is 5.10 Å². The van der Waals surface area contributed by atoms with Crippen molar-refractivity contribution < 1.29 is 0 Å². The zero-order valence-electron chi connectivity index (χ0n) is 9.64. The van der Waals surface area contributed by atoms with E-state index in [1.54, 1.807) is 16.9 Å². The lowest BCUT2D eigenvalue weighted by Gasteiger charge is -2.06. The molecular formula is C13H10BrN3O. The minimum atomic E-state index is -0.155. The number of nitrogens with one attached hydrogen (secondary N) is 1. The van der Waals surface area contributed by atoms with Crippen LogP contribution in [-0.4, -0.2) is 14.8 Å². The Morgan fingerprint density at radius 3 is 2.89 bits per heavy atom. The molecule has 0 aliphatic rings. The van der Waals surface area contributed by atoms with Gasteiger partial charge in [0.25, 0.3) is 5.56 Å². The highest BCUT2D eigenvalue weighted by molar-refractivity contribution is 9.10.